The first-order valence-corrected chi connectivity index (χ1v) is 13.1. The molecule has 1 saturated carbocycles. The van der Waals surface area contributed by atoms with Crippen LogP contribution in [-0.4, -0.2) is 63.8 Å². The third-order valence-electron chi connectivity index (χ3n) is 8.00. The molecule has 1 aromatic carbocycles. The highest BCUT2D eigenvalue weighted by Gasteiger charge is 2.41. The van der Waals surface area contributed by atoms with Gasteiger partial charge in [0.05, 0.1) is 5.02 Å². The Hall–Kier alpha value is -2.97. The molecular weight excluding hydrogens is 480 g/mol. The lowest BCUT2D eigenvalue weighted by atomic mass is 9.85. The molecule has 1 aliphatic carbocycles. The van der Waals surface area contributed by atoms with Gasteiger partial charge in [-0.3, -0.25) is 29.6 Å². The molecule has 3 amide bonds. The molecular formula is C27H29ClN4O4. The van der Waals surface area contributed by atoms with E-state index in [1.54, 1.807) is 11.1 Å². The molecule has 8 nitrogen and oxygen atoms in total. The summed E-state index contributed by atoms with van der Waals surface area (Å²) in [5, 5.41) is 3.01. The number of pyridine rings is 1. The first kappa shape index (κ1) is 23.4. The molecule has 2 aromatic rings. The molecule has 0 spiro atoms. The smallest absolute Gasteiger partial charge is 0.255 e. The fraction of sp³-hybridized carbons (Fsp3) is 0.481. The average molecular weight is 509 g/mol. The van der Waals surface area contributed by atoms with Crippen molar-refractivity contribution in [3.8, 4) is 5.75 Å². The highest BCUT2D eigenvalue weighted by atomic mass is 35.5. The van der Waals surface area contributed by atoms with E-state index in [2.05, 4.69) is 15.2 Å². The van der Waals surface area contributed by atoms with Crippen LogP contribution in [0.2, 0.25) is 5.02 Å². The Morgan fingerprint density at radius 2 is 1.86 bits per heavy atom. The number of benzene rings is 1. The van der Waals surface area contributed by atoms with Crippen molar-refractivity contribution in [1.82, 2.24) is 20.1 Å². The van der Waals surface area contributed by atoms with Crippen molar-refractivity contribution in [2.75, 3.05) is 13.1 Å². The standard InChI is InChI=1S/C27H29ClN4O4/c28-18-5-8-21(29-12-18)17-13-31(14-17)22-3-1-2-4-24(22)36-19-6-7-20-16(11-19)15-32(27(20)35)23-9-10-25(33)30-26(23)34/h5-8,11-12,17,22-24H,1-4,9-10,13-15H2,(H,30,33,34)/t22-,23?,24+/m0/s1. The summed E-state index contributed by atoms with van der Waals surface area (Å²) in [4.78, 5) is 45.4. The zero-order valence-electron chi connectivity index (χ0n) is 20.0. The van der Waals surface area contributed by atoms with E-state index in [9.17, 15) is 14.4 Å². The minimum Gasteiger partial charge on any atom is -0.489 e. The normalized spacial score (nSPS) is 27.0. The maximum Gasteiger partial charge on any atom is 0.255 e. The molecule has 4 heterocycles. The number of ether oxygens (including phenoxy) is 1. The van der Waals surface area contributed by atoms with Gasteiger partial charge in [-0.2, -0.15) is 0 Å². The predicted octanol–water partition coefficient (Wildman–Crippen LogP) is 3.29. The average Bonchev–Trinajstić information content (AvgIpc) is 3.16. The van der Waals surface area contributed by atoms with Gasteiger partial charge in [-0.1, -0.05) is 18.0 Å². The predicted molar refractivity (Wildman–Crippen MR) is 133 cm³/mol. The first-order valence-electron chi connectivity index (χ1n) is 12.8. The number of rotatable bonds is 5. The summed E-state index contributed by atoms with van der Waals surface area (Å²) in [7, 11) is 0. The summed E-state index contributed by atoms with van der Waals surface area (Å²) < 4.78 is 6.53. The van der Waals surface area contributed by atoms with Crippen LogP contribution in [0.3, 0.4) is 0 Å². The number of hydrogen-bond donors (Lipinski definition) is 1. The molecule has 6 rings (SSSR count). The highest BCUT2D eigenvalue weighted by Crippen LogP contribution is 2.36. The Morgan fingerprint density at radius 1 is 1.03 bits per heavy atom. The Balaban J connectivity index is 1.11. The van der Waals surface area contributed by atoms with Crippen molar-refractivity contribution in [2.24, 2.45) is 0 Å². The number of piperidine rings is 1. The van der Waals surface area contributed by atoms with E-state index < -0.39 is 11.9 Å². The van der Waals surface area contributed by atoms with E-state index in [1.807, 2.05) is 30.3 Å². The number of imide groups is 1. The van der Waals surface area contributed by atoms with Crippen LogP contribution in [0, 0.1) is 0 Å². The van der Waals surface area contributed by atoms with Crippen LogP contribution in [0.1, 0.15) is 66.1 Å². The Bertz CT molecular complexity index is 1200. The second-order valence-corrected chi connectivity index (χ2v) is 10.7. The number of likely N-dealkylation sites (tertiary alicyclic amines) is 1. The summed E-state index contributed by atoms with van der Waals surface area (Å²) in [6.07, 6.45) is 6.88. The summed E-state index contributed by atoms with van der Waals surface area (Å²) in [6, 6.07) is 9.29. The van der Waals surface area contributed by atoms with Gasteiger partial charge in [0.15, 0.2) is 0 Å². The van der Waals surface area contributed by atoms with Gasteiger partial charge in [-0.25, -0.2) is 0 Å². The van der Waals surface area contributed by atoms with Crippen LogP contribution in [0.15, 0.2) is 36.5 Å². The number of carbonyl (C=O) groups is 3. The minimum absolute atomic E-state index is 0.0965. The third-order valence-corrected chi connectivity index (χ3v) is 8.22. The maximum atomic E-state index is 13.0. The molecule has 1 aromatic heterocycles. The fourth-order valence-electron chi connectivity index (χ4n) is 6.03. The van der Waals surface area contributed by atoms with Gasteiger partial charge >= 0.3 is 0 Å². The number of fused-ring (bicyclic) bond motifs is 1. The second kappa shape index (κ2) is 9.48. The first-order chi connectivity index (χ1) is 17.5. The molecule has 36 heavy (non-hydrogen) atoms. The monoisotopic (exact) mass is 508 g/mol. The number of aromatic nitrogens is 1. The zero-order chi connectivity index (χ0) is 24.8. The van der Waals surface area contributed by atoms with Crippen LogP contribution in [-0.2, 0) is 16.1 Å². The quantitative estimate of drug-likeness (QED) is 0.623. The minimum atomic E-state index is -0.607. The number of nitrogens with zero attached hydrogens (tertiary/aromatic N) is 3. The van der Waals surface area contributed by atoms with Crippen molar-refractivity contribution in [3.63, 3.8) is 0 Å². The lowest BCUT2D eigenvalue weighted by molar-refractivity contribution is -0.136. The molecule has 0 bridgehead atoms. The van der Waals surface area contributed by atoms with Crippen molar-refractivity contribution < 1.29 is 19.1 Å². The molecule has 4 aliphatic rings. The molecule has 188 valence electrons. The van der Waals surface area contributed by atoms with Gasteiger partial charge in [0, 0.05) is 55.5 Å². The van der Waals surface area contributed by atoms with Gasteiger partial charge < -0.3 is 9.64 Å². The van der Waals surface area contributed by atoms with Crippen LogP contribution in [0.4, 0.5) is 0 Å². The lowest BCUT2D eigenvalue weighted by Crippen LogP contribution is -2.57. The number of halogens is 1. The van der Waals surface area contributed by atoms with E-state index in [0.29, 0.717) is 35.5 Å². The fourth-order valence-corrected chi connectivity index (χ4v) is 6.14. The second-order valence-electron chi connectivity index (χ2n) is 10.3. The van der Waals surface area contributed by atoms with Crippen LogP contribution >= 0.6 is 11.6 Å². The van der Waals surface area contributed by atoms with Crippen LogP contribution in [0.25, 0.3) is 0 Å². The van der Waals surface area contributed by atoms with Crippen LogP contribution < -0.4 is 10.1 Å². The molecule has 9 heteroatoms. The van der Waals surface area contributed by atoms with Crippen molar-refractivity contribution in [3.05, 3.63) is 58.4 Å². The number of nitrogens with one attached hydrogen (secondary N) is 1. The zero-order valence-corrected chi connectivity index (χ0v) is 20.7. The molecule has 3 fully saturated rings. The maximum absolute atomic E-state index is 13.0. The van der Waals surface area contributed by atoms with Crippen molar-refractivity contribution in [2.45, 2.75) is 69.2 Å². The molecule has 1 N–H and O–H groups in total. The number of hydrogen-bond acceptors (Lipinski definition) is 6. The van der Waals surface area contributed by atoms with E-state index in [-0.39, 0.29) is 24.3 Å². The highest BCUT2D eigenvalue weighted by molar-refractivity contribution is 6.30. The van der Waals surface area contributed by atoms with Crippen LogP contribution in [0.5, 0.6) is 5.75 Å². The van der Waals surface area contributed by atoms with Crippen molar-refractivity contribution in [1.29, 1.82) is 0 Å². The van der Waals surface area contributed by atoms with Gasteiger partial charge in [0.25, 0.3) is 5.91 Å². The Morgan fingerprint density at radius 3 is 2.64 bits per heavy atom. The topological polar surface area (TPSA) is 91.8 Å². The molecule has 2 saturated heterocycles. The van der Waals surface area contributed by atoms with E-state index >= 15 is 0 Å². The SMILES string of the molecule is O=C1CCC(N2Cc3cc(O[C@@H]4CCCC[C@@H]4N4CC(c5ccc(Cl)cn5)C4)ccc3C2=O)C(=O)N1. The third kappa shape index (κ3) is 4.37. The van der Waals surface area contributed by atoms with E-state index in [4.69, 9.17) is 16.3 Å². The number of carbonyl (C=O) groups excluding carboxylic acids is 3. The van der Waals surface area contributed by atoms with Gasteiger partial charge in [-0.15, -0.1) is 0 Å². The van der Waals surface area contributed by atoms with Gasteiger partial charge in [0.2, 0.25) is 11.8 Å². The summed E-state index contributed by atoms with van der Waals surface area (Å²) >= 11 is 5.99. The van der Waals surface area contributed by atoms with Gasteiger partial charge in [-0.05, 0) is 61.6 Å². The summed E-state index contributed by atoms with van der Waals surface area (Å²) in [5.74, 6) is 0.352. The van der Waals surface area contributed by atoms with E-state index in [0.717, 1.165) is 49.4 Å². The Labute approximate surface area is 214 Å². The van der Waals surface area contributed by atoms with Gasteiger partial charge in [0.1, 0.15) is 17.9 Å². The summed E-state index contributed by atoms with van der Waals surface area (Å²) in [6.45, 7) is 2.30. The van der Waals surface area contributed by atoms with E-state index in [1.165, 1.54) is 6.42 Å². The largest absolute Gasteiger partial charge is 0.489 e. The number of amides is 3. The molecule has 0 radical (unpaired) electrons. The molecule has 1 unspecified atom stereocenters. The molecule has 3 aliphatic heterocycles. The lowest BCUT2D eigenvalue weighted by Gasteiger charge is -2.48. The Kier molecular flexibility index (Phi) is 6.17. The molecule has 3 atom stereocenters. The van der Waals surface area contributed by atoms with Crippen molar-refractivity contribution >= 4 is 29.3 Å². The summed E-state index contributed by atoms with van der Waals surface area (Å²) in [5.41, 5.74) is 2.56.